The number of rotatable bonds is 2. The minimum absolute atomic E-state index is 0.121. The second-order valence-corrected chi connectivity index (χ2v) is 7.15. The van der Waals surface area contributed by atoms with Crippen molar-refractivity contribution >= 4 is 34.2 Å². The molecule has 3 heterocycles. The lowest BCUT2D eigenvalue weighted by molar-refractivity contribution is 0.0730. The number of carbonyl (C=O) groups is 1. The van der Waals surface area contributed by atoms with Crippen LogP contribution in [0.3, 0.4) is 0 Å². The fraction of sp³-hybridized carbons (Fsp3) is 0.263. The lowest BCUT2D eigenvalue weighted by atomic mass is 10.0. The van der Waals surface area contributed by atoms with E-state index in [1.807, 2.05) is 19.0 Å². The van der Waals surface area contributed by atoms with Gasteiger partial charge in [0.05, 0.1) is 17.8 Å². The number of H-pyrrole nitrogens is 1. The van der Waals surface area contributed by atoms with Gasteiger partial charge in [0.2, 0.25) is 5.43 Å². The summed E-state index contributed by atoms with van der Waals surface area (Å²) in [5.41, 5.74) is 2.30. The topological polar surface area (TPSA) is 82.2 Å². The predicted octanol–water partition coefficient (Wildman–Crippen LogP) is 2.24. The Bertz CT molecular complexity index is 1110. The number of halogens is 1. The van der Waals surface area contributed by atoms with Crippen molar-refractivity contribution < 1.29 is 4.79 Å². The normalized spacial score (nSPS) is 13.5. The van der Waals surface area contributed by atoms with Crippen LogP contribution < -0.4 is 10.3 Å². The van der Waals surface area contributed by atoms with Crippen LogP contribution in [0.1, 0.15) is 21.6 Å². The largest absolute Gasteiger partial charge is 0.362 e. The molecule has 0 saturated heterocycles. The molecule has 1 aliphatic rings. The van der Waals surface area contributed by atoms with E-state index in [1.165, 1.54) is 12.5 Å². The molecule has 0 saturated carbocycles. The van der Waals surface area contributed by atoms with Gasteiger partial charge in [-0.2, -0.15) is 0 Å². The number of pyridine rings is 1. The van der Waals surface area contributed by atoms with Crippen molar-refractivity contribution in [2.24, 2.45) is 0 Å². The average molecular weight is 384 g/mol. The third kappa shape index (κ3) is 3.04. The van der Waals surface area contributed by atoms with Gasteiger partial charge in [-0.1, -0.05) is 11.6 Å². The van der Waals surface area contributed by atoms with Gasteiger partial charge in [-0.3, -0.25) is 9.59 Å². The smallest absolute Gasteiger partial charge is 0.259 e. The zero-order valence-corrected chi connectivity index (χ0v) is 15.7. The van der Waals surface area contributed by atoms with Gasteiger partial charge in [-0.15, -0.1) is 0 Å². The van der Waals surface area contributed by atoms with Gasteiger partial charge in [0.1, 0.15) is 17.7 Å². The first-order valence-corrected chi connectivity index (χ1v) is 8.94. The first-order chi connectivity index (χ1) is 13.0. The highest BCUT2D eigenvalue weighted by atomic mass is 35.5. The highest BCUT2D eigenvalue weighted by Gasteiger charge is 2.27. The Morgan fingerprint density at radius 1 is 1.30 bits per heavy atom. The van der Waals surface area contributed by atoms with Gasteiger partial charge in [-0.25, -0.2) is 9.97 Å². The van der Waals surface area contributed by atoms with Crippen LogP contribution in [-0.4, -0.2) is 46.4 Å². The van der Waals surface area contributed by atoms with Gasteiger partial charge >= 0.3 is 0 Å². The number of amides is 1. The van der Waals surface area contributed by atoms with Crippen LogP contribution in [0.5, 0.6) is 0 Å². The van der Waals surface area contributed by atoms with E-state index in [1.54, 1.807) is 23.1 Å². The molecule has 0 fully saturated rings. The number of aromatic amines is 1. The molecule has 1 aliphatic heterocycles. The van der Waals surface area contributed by atoms with Crippen LogP contribution in [-0.2, 0) is 13.0 Å². The Morgan fingerprint density at radius 3 is 2.89 bits per heavy atom. The van der Waals surface area contributed by atoms with E-state index in [0.29, 0.717) is 35.4 Å². The molecule has 138 valence electrons. The van der Waals surface area contributed by atoms with E-state index in [9.17, 15) is 9.59 Å². The fourth-order valence-corrected chi connectivity index (χ4v) is 3.59. The van der Waals surface area contributed by atoms with Crippen molar-refractivity contribution in [3.8, 4) is 0 Å². The summed E-state index contributed by atoms with van der Waals surface area (Å²) < 4.78 is 0. The fourth-order valence-electron chi connectivity index (χ4n) is 3.42. The summed E-state index contributed by atoms with van der Waals surface area (Å²) in [5.74, 6) is 0.566. The number of hydrogen-bond donors (Lipinski definition) is 1. The summed E-state index contributed by atoms with van der Waals surface area (Å²) in [6.07, 6.45) is 3.62. The summed E-state index contributed by atoms with van der Waals surface area (Å²) in [6.45, 7) is 0.869. The molecular weight excluding hydrogens is 366 g/mol. The minimum atomic E-state index is -0.302. The molecule has 0 atom stereocenters. The first kappa shape index (κ1) is 17.5. The predicted molar refractivity (Wildman–Crippen MR) is 104 cm³/mol. The summed E-state index contributed by atoms with van der Waals surface area (Å²) in [4.78, 5) is 41.0. The van der Waals surface area contributed by atoms with E-state index in [0.717, 1.165) is 17.1 Å². The molecule has 1 N–H and O–H groups in total. The summed E-state index contributed by atoms with van der Waals surface area (Å²) in [5, 5.41) is 0.973. The van der Waals surface area contributed by atoms with Gasteiger partial charge < -0.3 is 14.8 Å². The lowest BCUT2D eigenvalue weighted by Gasteiger charge is -2.30. The maximum Gasteiger partial charge on any atom is 0.259 e. The summed E-state index contributed by atoms with van der Waals surface area (Å²) in [6, 6.07) is 4.95. The molecule has 0 spiro atoms. The van der Waals surface area contributed by atoms with Gasteiger partial charge in [0.25, 0.3) is 5.91 Å². The van der Waals surface area contributed by atoms with Gasteiger partial charge in [0, 0.05) is 42.8 Å². The number of nitrogens with one attached hydrogen (secondary N) is 1. The van der Waals surface area contributed by atoms with Crippen molar-refractivity contribution in [1.82, 2.24) is 19.9 Å². The standard InChI is InChI=1S/C19H18ClN5O2/c1-24(2)18-13-5-6-25(9-16(13)22-10-23-18)19(27)14-8-21-15-7-11(20)3-4-12(15)17(14)26/h3-4,7-8,10H,5-6,9H2,1-2H3,(H,21,26). The molecule has 2 aromatic heterocycles. The molecule has 0 unspecified atom stereocenters. The third-order valence-corrected chi connectivity index (χ3v) is 5.00. The highest BCUT2D eigenvalue weighted by molar-refractivity contribution is 6.31. The van der Waals surface area contributed by atoms with E-state index in [-0.39, 0.29) is 16.9 Å². The SMILES string of the molecule is CN(C)c1ncnc2c1CCN(C(=O)c1c[nH]c3cc(Cl)ccc3c1=O)C2. The number of hydrogen-bond acceptors (Lipinski definition) is 5. The van der Waals surface area contributed by atoms with Crippen LogP contribution in [0.15, 0.2) is 35.5 Å². The zero-order valence-electron chi connectivity index (χ0n) is 15.0. The maximum absolute atomic E-state index is 13.0. The lowest BCUT2D eigenvalue weighted by Crippen LogP contribution is -2.39. The van der Waals surface area contributed by atoms with Crippen molar-refractivity contribution in [2.75, 3.05) is 25.5 Å². The van der Waals surface area contributed by atoms with Crippen molar-refractivity contribution in [3.05, 3.63) is 62.8 Å². The molecule has 0 bridgehead atoms. The molecule has 1 amide bonds. The number of carbonyl (C=O) groups excluding carboxylic acids is 1. The van der Waals surface area contributed by atoms with Gasteiger partial charge in [-0.05, 0) is 24.6 Å². The average Bonchev–Trinajstić information content (AvgIpc) is 2.66. The van der Waals surface area contributed by atoms with Crippen LogP contribution >= 0.6 is 11.6 Å². The van der Waals surface area contributed by atoms with Crippen molar-refractivity contribution in [1.29, 1.82) is 0 Å². The van der Waals surface area contributed by atoms with E-state index in [4.69, 9.17) is 11.6 Å². The Balaban J connectivity index is 1.68. The summed E-state index contributed by atoms with van der Waals surface area (Å²) >= 11 is 5.97. The number of fused-ring (bicyclic) bond motifs is 2. The molecule has 0 aliphatic carbocycles. The number of anilines is 1. The number of nitrogens with zero attached hydrogens (tertiary/aromatic N) is 4. The third-order valence-electron chi connectivity index (χ3n) is 4.77. The molecule has 4 rings (SSSR count). The second-order valence-electron chi connectivity index (χ2n) is 6.72. The zero-order chi connectivity index (χ0) is 19.1. The maximum atomic E-state index is 13.0. The van der Waals surface area contributed by atoms with Crippen LogP contribution in [0.2, 0.25) is 5.02 Å². The van der Waals surface area contributed by atoms with E-state index >= 15 is 0 Å². The Hall–Kier alpha value is -2.93. The number of aromatic nitrogens is 3. The van der Waals surface area contributed by atoms with Gasteiger partial charge in [0.15, 0.2) is 0 Å². The molecule has 7 nitrogen and oxygen atoms in total. The Labute approximate surface area is 160 Å². The van der Waals surface area contributed by atoms with E-state index in [2.05, 4.69) is 15.0 Å². The molecule has 3 aromatic rings. The number of benzene rings is 1. The van der Waals surface area contributed by atoms with E-state index < -0.39 is 0 Å². The molecule has 1 aromatic carbocycles. The minimum Gasteiger partial charge on any atom is -0.362 e. The van der Waals surface area contributed by atoms with Crippen LogP contribution in [0.25, 0.3) is 10.9 Å². The molecule has 0 radical (unpaired) electrons. The Morgan fingerprint density at radius 2 is 2.11 bits per heavy atom. The molecular formula is C19H18ClN5O2. The Kier molecular flexibility index (Phi) is 4.31. The molecule has 8 heteroatoms. The quantitative estimate of drug-likeness (QED) is 0.733. The van der Waals surface area contributed by atoms with Crippen molar-refractivity contribution in [3.63, 3.8) is 0 Å². The monoisotopic (exact) mass is 383 g/mol. The van der Waals surface area contributed by atoms with Crippen LogP contribution in [0, 0.1) is 0 Å². The molecule has 27 heavy (non-hydrogen) atoms. The van der Waals surface area contributed by atoms with Crippen molar-refractivity contribution in [2.45, 2.75) is 13.0 Å². The second kappa shape index (κ2) is 6.66. The first-order valence-electron chi connectivity index (χ1n) is 8.56. The summed E-state index contributed by atoms with van der Waals surface area (Å²) in [7, 11) is 3.86. The van der Waals surface area contributed by atoms with Crippen LogP contribution in [0.4, 0.5) is 5.82 Å². The highest BCUT2D eigenvalue weighted by Crippen LogP contribution is 2.25.